The second-order valence-corrected chi connectivity index (χ2v) is 6.36. The number of rotatable bonds is 8. The molecule has 3 aromatic rings. The van der Waals surface area contributed by atoms with Crippen LogP contribution in [0.3, 0.4) is 0 Å². The molecule has 0 aliphatic heterocycles. The molecule has 8 nitrogen and oxygen atoms in total. The number of aryl methyl sites for hydroxylation is 1. The van der Waals surface area contributed by atoms with Crippen molar-refractivity contribution >= 4 is 23.6 Å². The lowest BCUT2D eigenvalue weighted by Gasteiger charge is -2.04. The van der Waals surface area contributed by atoms with Gasteiger partial charge in [-0.25, -0.2) is 4.98 Å². The lowest BCUT2D eigenvalue weighted by Crippen LogP contribution is -2.36. The molecule has 0 unspecified atom stereocenters. The maximum atomic E-state index is 12.1. The van der Waals surface area contributed by atoms with Gasteiger partial charge in [0.25, 0.3) is 5.91 Å². The van der Waals surface area contributed by atoms with E-state index in [1.807, 2.05) is 17.8 Å². The predicted octanol–water partition coefficient (Wildman–Crippen LogP) is 1.94. The minimum atomic E-state index is -0.439. The molecule has 2 amide bonds. The number of furan rings is 2. The summed E-state index contributed by atoms with van der Waals surface area (Å²) in [5, 5.41) is 6.03. The molecule has 0 saturated carbocycles. The van der Waals surface area contributed by atoms with Gasteiger partial charge in [-0.15, -0.1) is 0 Å². The van der Waals surface area contributed by atoms with Crippen LogP contribution in [0, 0.1) is 0 Å². The van der Waals surface area contributed by atoms with Crippen LogP contribution < -0.4 is 10.6 Å². The number of aromatic nitrogens is 2. The second kappa shape index (κ2) is 8.43. The monoisotopic (exact) mass is 374 g/mol. The zero-order chi connectivity index (χ0) is 18.4. The van der Waals surface area contributed by atoms with Gasteiger partial charge >= 0.3 is 0 Å². The normalized spacial score (nSPS) is 10.7. The van der Waals surface area contributed by atoms with Crippen LogP contribution >= 0.6 is 11.8 Å². The third-order valence-electron chi connectivity index (χ3n) is 3.46. The van der Waals surface area contributed by atoms with Gasteiger partial charge in [-0.05, 0) is 24.3 Å². The molecular weight excluding hydrogens is 356 g/mol. The van der Waals surface area contributed by atoms with Crippen molar-refractivity contribution in [2.24, 2.45) is 7.05 Å². The van der Waals surface area contributed by atoms with Crippen molar-refractivity contribution in [3.8, 4) is 0 Å². The highest BCUT2D eigenvalue weighted by atomic mass is 32.2. The largest absolute Gasteiger partial charge is 0.467 e. The van der Waals surface area contributed by atoms with Gasteiger partial charge in [-0.1, -0.05) is 11.8 Å². The first-order chi connectivity index (χ1) is 12.6. The van der Waals surface area contributed by atoms with E-state index in [1.165, 1.54) is 18.0 Å². The van der Waals surface area contributed by atoms with Crippen LogP contribution in [0.15, 0.2) is 56.9 Å². The number of carbonyl (C=O) groups excluding carboxylic acids is 2. The summed E-state index contributed by atoms with van der Waals surface area (Å²) < 4.78 is 12.5. The Bertz CT molecular complexity index is 869. The molecule has 0 spiro atoms. The Morgan fingerprint density at radius 2 is 2.12 bits per heavy atom. The van der Waals surface area contributed by atoms with Crippen molar-refractivity contribution < 1.29 is 18.4 Å². The maximum absolute atomic E-state index is 12.1. The fourth-order valence-electron chi connectivity index (χ4n) is 2.11. The molecule has 0 atom stereocenters. The van der Waals surface area contributed by atoms with Gasteiger partial charge in [0.1, 0.15) is 11.5 Å². The number of thioether (sulfide) groups is 1. The van der Waals surface area contributed by atoms with E-state index in [0.717, 1.165) is 5.16 Å². The molecule has 0 saturated heterocycles. The van der Waals surface area contributed by atoms with Crippen molar-refractivity contribution in [3.05, 3.63) is 60.2 Å². The fraction of sp³-hybridized carbons (Fsp3) is 0.235. The van der Waals surface area contributed by atoms with Crippen LogP contribution in [0.2, 0.25) is 0 Å². The van der Waals surface area contributed by atoms with E-state index >= 15 is 0 Å². The first-order valence-corrected chi connectivity index (χ1v) is 8.86. The van der Waals surface area contributed by atoms with E-state index in [2.05, 4.69) is 15.6 Å². The highest BCUT2D eigenvalue weighted by molar-refractivity contribution is 7.98. The first kappa shape index (κ1) is 17.9. The summed E-state index contributed by atoms with van der Waals surface area (Å²) in [5.74, 6) is 1.27. The van der Waals surface area contributed by atoms with Crippen molar-refractivity contribution in [1.82, 2.24) is 20.2 Å². The third-order valence-corrected chi connectivity index (χ3v) is 4.54. The zero-order valence-corrected chi connectivity index (χ0v) is 14.9. The molecule has 3 rings (SSSR count). The average molecular weight is 374 g/mol. The average Bonchev–Trinajstić information content (AvgIpc) is 3.38. The first-order valence-electron chi connectivity index (χ1n) is 7.88. The van der Waals surface area contributed by atoms with Gasteiger partial charge in [0, 0.05) is 19.4 Å². The number of hydrogen-bond acceptors (Lipinski definition) is 6. The number of nitrogens with one attached hydrogen (secondary N) is 2. The van der Waals surface area contributed by atoms with E-state index < -0.39 is 5.91 Å². The number of nitrogens with zero attached hydrogens (tertiary/aromatic N) is 2. The highest BCUT2D eigenvalue weighted by Crippen LogP contribution is 2.21. The lowest BCUT2D eigenvalue weighted by molar-refractivity contribution is -0.120. The topological polar surface area (TPSA) is 102 Å². The van der Waals surface area contributed by atoms with Crippen LogP contribution in [0.4, 0.5) is 0 Å². The molecule has 0 aliphatic rings. The SMILES string of the molecule is Cn1ccnc1SCc1ccc(C(=O)NCC(=O)NCc2ccco2)o1. The Morgan fingerprint density at radius 1 is 1.23 bits per heavy atom. The van der Waals surface area contributed by atoms with E-state index in [1.54, 1.807) is 30.5 Å². The summed E-state index contributed by atoms with van der Waals surface area (Å²) >= 11 is 1.51. The number of hydrogen-bond donors (Lipinski definition) is 2. The summed E-state index contributed by atoms with van der Waals surface area (Å²) in [6, 6.07) is 6.82. The predicted molar refractivity (Wildman–Crippen MR) is 94.4 cm³/mol. The van der Waals surface area contributed by atoms with Gasteiger partial charge in [0.05, 0.1) is 25.1 Å². The molecular formula is C17H18N4O4S. The van der Waals surface area contributed by atoms with E-state index in [0.29, 0.717) is 17.3 Å². The van der Waals surface area contributed by atoms with Crippen LogP contribution in [0.5, 0.6) is 0 Å². The van der Waals surface area contributed by atoms with Gasteiger partial charge in [0.2, 0.25) is 5.91 Å². The summed E-state index contributed by atoms with van der Waals surface area (Å²) in [6.45, 7) is 0.134. The van der Waals surface area contributed by atoms with Gasteiger partial charge in [0.15, 0.2) is 10.9 Å². The molecule has 0 bridgehead atoms. The van der Waals surface area contributed by atoms with Crippen LogP contribution in [0.25, 0.3) is 0 Å². The van der Waals surface area contributed by atoms with E-state index in [-0.39, 0.29) is 24.8 Å². The summed E-state index contributed by atoms with van der Waals surface area (Å²) in [5.41, 5.74) is 0. The third kappa shape index (κ3) is 4.79. The van der Waals surface area contributed by atoms with Crippen molar-refractivity contribution in [3.63, 3.8) is 0 Å². The van der Waals surface area contributed by atoms with Gasteiger partial charge < -0.3 is 24.0 Å². The number of amides is 2. The van der Waals surface area contributed by atoms with Crippen LogP contribution in [0.1, 0.15) is 22.1 Å². The summed E-state index contributed by atoms with van der Waals surface area (Å²) in [4.78, 5) is 28.0. The zero-order valence-electron chi connectivity index (χ0n) is 14.1. The molecule has 26 heavy (non-hydrogen) atoms. The highest BCUT2D eigenvalue weighted by Gasteiger charge is 2.13. The quantitative estimate of drug-likeness (QED) is 0.584. The Hall–Kier alpha value is -2.94. The van der Waals surface area contributed by atoms with E-state index in [4.69, 9.17) is 8.83 Å². The summed E-state index contributed by atoms with van der Waals surface area (Å²) in [7, 11) is 1.91. The Morgan fingerprint density at radius 3 is 2.85 bits per heavy atom. The van der Waals surface area contributed by atoms with Gasteiger partial charge in [-0.3, -0.25) is 9.59 Å². The molecule has 2 N–H and O–H groups in total. The standard InChI is InChI=1S/C17H18N4O4S/c1-21-7-6-18-17(21)26-11-13-4-5-14(25-13)16(23)20-10-15(22)19-9-12-3-2-8-24-12/h2-8H,9-11H2,1H3,(H,19,22)(H,20,23). The Labute approximate surface area is 154 Å². The van der Waals surface area contributed by atoms with Crippen molar-refractivity contribution in [1.29, 1.82) is 0 Å². The molecule has 0 aromatic carbocycles. The molecule has 0 aliphatic carbocycles. The fourth-order valence-corrected chi connectivity index (χ4v) is 2.94. The van der Waals surface area contributed by atoms with Crippen LogP contribution in [-0.4, -0.2) is 27.9 Å². The molecule has 9 heteroatoms. The van der Waals surface area contributed by atoms with Crippen LogP contribution in [-0.2, 0) is 24.1 Å². The summed E-state index contributed by atoms with van der Waals surface area (Å²) in [6.07, 6.45) is 5.12. The molecule has 136 valence electrons. The van der Waals surface area contributed by atoms with E-state index in [9.17, 15) is 9.59 Å². The molecule has 0 fully saturated rings. The molecule has 0 radical (unpaired) electrons. The molecule has 3 heterocycles. The van der Waals surface area contributed by atoms with Crippen molar-refractivity contribution in [2.45, 2.75) is 17.5 Å². The number of imidazole rings is 1. The van der Waals surface area contributed by atoms with Gasteiger partial charge in [-0.2, -0.15) is 0 Å². The molecule has 3 aromatic heterocycles. The minimum absolute atomic E-state index is 0.141. The maximum Gasteiger partial charge on any atom is 0.287 e. The minimum Gasteiger partial charge on any atom is -0.467 e. The van der Waals surface area contributed by atoms with Crippen molar-refractivity contribution in [2.75, 3.05) is 6.54 Å². The number of carbonyl (C=O) groups is 2. The Balaban J connectivity index is 1.42. The second-order valence-electron chi connectivity index (χ2n) is 5.41. The Kier molecular flexibility index (Phi) is 5.80. The lowest BCUT2D eigenvalue weighted by atomic mass is 10.4. The smallest absolute Gasteiger partial charge is 0.287 e.